The molecule has 6 nitrogen and oxygen atoms in total. The minimum Gasteiger partial charge on any atom is -0.486 e. The topological polar surface area (TPSA) is 110 Å². The molecule has 0 aromatic heterocycles. The molecular weight excluding hydrogens is 317 g/mol. The quantitative estimate of drug-likeness (QED) is 0.724. The van der Waals surface area contributed by atoms with Gasteiger partial charge < -0.3 is 20.7 Å². The number of rotatable bonds is 5. The highest BCUT2D eigenvalue weighted by atomic mass is 19.1. The van der Waals surface area contributed by atoms with Crippen LogP contribution in [0.1, 0.15) is 18.1 Å². The Morgan fingerprint density at radius 1 is 1.00 bits per heavy atom. The highest BCUT2D eigenvalue weighted by Crippen LogP contribution is 2.24. The minimum atomic E-state index is -1.82. The van der Waals surface area contributed by atoms with Crippen LogP contribution in [0.5, 0.6) is 5.75 Å². The number of ether oxygens (including phenoxy) is 1. The van der Waals surface area contributed by atoms with Crippen molar-refractivity contribution in [3.05, 3.63) is 66.0 Å². The molecule has 0 spiro atoms. The van der Waals surface area contributed by atoms with Crippen molar-refractivity contribution in [1.29, 1.82) is 0 Å². The molecule has 7 heteroatoms. The molecule has 24 heavy (non-hydrogen) atoms. The number of carboxylic acids is 2. The summed E-state index contributed by atoms with van der Waals surface area (Å²) < 4.78 is 18.7. The molecule has 2 rings (SSSR count). The van der Waals surface area contributed by atoms with E-state index in [1.165, 1.54) is 12.1 Å². The van der Waals surface area contributed by atoms with E-state index in [1.807, 2.05) is 30.3 Å². The third kappa shape index (κ3) is 6.89. The summed E-state index contributed by atoms with van der Waals surface area (Å²) in [5, 5.41) is 14.8. The second-order valence-corrected chi connectivity index (χ2v) is 4.66. The summed E-state index contributed by atoms with van der Waals surface area (Å²) in [4.78, 5) is 18.2. The Hall–Kier alpha value is -2.93. The fourth-order valence-electron chi connectivity index (χ4n) is 1.79. The Morgan fingerprint density at radius 2 is 1.54 bits per heavy atom. The Morgan fingerprint density at radius 3 is 2.00 bits per heavy atom. The standard InChI is InChI=1S/C15H16FNO.C2H2O4/c16-13-6-8-14(9-7-13)18-15(10-11-17)12-4-2-1-3-5-12;3-1(4)2(5)6/h1-9,15H,10-11,17H2;(H,3,4)(H,5,6). The molecule has 2 aromatic rings. The average molecular weight is 335 g/mol. The largest absolute Gasteiger partial charge is 0.486 e. The van der Waals surface area contributed by atoms with Gasteiger partial charge in [0.25, 0.3) is 0 Å². The highest BCUT2D eigenvalue weighted by Gasteiger charge is 2.12. The van der Waals surface area contributed by atoms with Crippen molar-refractivity contribution in [3.8, 4) is 5.75 Å². The van der Waals surface area contributed by atoms with E-state index in [4.69, 9.17) is 30.3 Å². The number of nitrogens with two attached hydrogens (primary N) is 1. The zero-order valence-electron chi connectivity index (χ0n) is 12.8. The minimum absolute atomic E-state index is 0.0957. The lowest BCUT2D eigenvalue weighted by Crippen LogP contribution is -2.13. The van der Waals surface area contributed by atoms with Gasteiger partial charge in [-0.15, -0.1) is 0 Å². The third-order valence-corrected chi connectivity index (χ3v) is 2.88. The van der Waals surface area contributed by atoms with E-state index in [9.17, 15) is 4.39 Å². The van der Waals surface area contributed by atoms with Crippen molar-refractivity contribution in [2.45, 2.75) is 12.5 Å². The van der Waals surface area contributed by atoms with Gasteiger partial charge in [0, 0.05) is 6.42 Å². The maximum Gasteiger partial charge on any atom is 0.414 e. The van der Waals surface area contributed by atoms with Crippen LogP contribution in [0.2, 0.25) is 0 Å². The normalized spacial score (nSPS) is 10.9. The van der Waals surface area contributed by atoms with Gasteiger partial charge in [-0.1, -0.05) is 30.3 Å². The second-order valence-electron chi connectivity index (χ2n) is 4.66. The lowest BCUT2D eigenvalue weighted by atomic mass is 10.1. The molecule has 2 aromatic carbocycles. The summed E-state index contributed by atoms with van der Waals surface area (Å²) in [7, 11) is 0. The number of hydrogen-bond donors (Lipinski definition) is 3. The summed E-state index contributed by atoms with van der Waals surface area (Å²) in [6.45, 7) is 0.542. The first-order valence-electron chi connectivity index (χ1n) is 7.07. The van der Waals surface area contributed by atoms with E-state index in [0.29, 0.717) is 12.3 Å². The summed E-state index contributed by atoms with van der Waals surface area (Å²) >= 11 is 0. The third-order valence-electron chi connectivity index (χ3n) is 2.88. The van der Waals surface area contributed by atoms with Crippen LogP contribution in [0.15, 0.2) is 54.6 Å². The summed E-state index contributed by atoms with van der Waals surface area (Å²) in [5.41, 5.74) is 6.68. The molecule has 0 fully saturated rings. The predicted molar refractivity (Wildman–Crippen MR) is 85.2 cm³/mol. The van der Waals surface area contributed by atoms with E-state index in [1.54, 1.807) is 12.1 Å². The molecule has 0 bridgehead atoms. The first kappa shape index (κ1) is 19.1. The average Bonchev–Trinajstić information content (AvgIpc) is 2.57. The van der Waals surface area contributed by atoms with Crippen molar-refractivity contribution < 1.29 is 28.9 Å². The van der Waals surface area contributed by atoms with Crippen LogP contribution in [0.25, 0.3) is 0 Å². The fraction of sp³-hybridized carbons (Fsp3) is 0.176. The predicted octanol–water partition coefficient (Wildman–Crippen LogP) is 2.45. The van der Waals surface area contributed by atoms with Crippen LogP contribution in [-0.4, -0.2) is 28.7 Å². The molecular formula is C17H18FNO5. The molecule has 0 saturated carbocycles. The van der Waals surface area contributed by atoms with Crippen LogP contribution < -0.4 is 10.5 Å². The smallest absolute Gasteiger partial charge is 0.414 e. The van der Waals surface area contributed by atoms with E-state index >= 15 is 0 Å². The Kier molecular flexibility index (Phi) is 7.93. The molecule has 128 valence electrons. The molecule has 1 unspecified atom stereocenters. The molecule has 0 aliphatic rings. The molecule has 0 aliphatic heterocycles. The Bertz CT molecular complexity index is 634. The molecule has 0 saturated heterocycles. The van der Waals surface area contributed by atoms with Crippen LogP contribution in [0.3, 0.4) is 0 Å². The van der Waals surface area contributed by atoms with Gasteiger partial charge in [0.1, 0.15) is 17.7 Å². The summed E-state index contributed by atoms with van der Waals surface area (Å²) in [6, 6.07) is 15.9. The number of aliphatic carboxylic acids is 2. The lowest BCUT2D eigenvalue weighted by Gasteiger charge is -2.19. The van der Waals surface area contributed by atoms with Gasteiger partial charge >= 0.3 is 11.9 Å². The van der Waals surface area contributed by atoms with Crippen molar-refractivity contribution in [2.75, 3.05) is 6.54 Å². The number of carbonyl (C=O) groups is 2. The van der Waals surface area contributed by atoms with Gasteiger partial charge in [-0.3, -0.25) is 0 Å². The lowest BCUT2D eigenvalue weighted by molar-refractivity contribution is -0.159. The van der Waals surface area contributed by atoms with E-state index in [0.717, 1.165) is 12.0 Å². The number of benzene rings is 2. The van der Waals surface area contributed by atoms with Gasteiger partial charge in [0.15, 0.2) is 0 Å². The molecule has 0 heterocycles. The first-order valence-corrected chi connectivity index (χ1v) is 7.07. The molecule has 0 aliphatic carbocycles. The van der Waals surface area contributed by atoms with E-state index in [-0.39, 0.29) is 11.9 Å². The first-order chi connectivity index (χ1) is 11.4. The summed E-state index contributed by atoms with van der Waals surface area (Å²) in [5.74, 6) is -3.26. The van der Waals surface area contributed by atoms with Crippen LogP contribution >= 0.6 is 0 Å². The number of carboxylic acid groups (broad SMARTS) is 2. The fourth-order valence-corrected chi connectivity index (χ4v) is 1.79. The van der Waals surface area contributed by atoms with Crippen LogP contribution in [0.4, 0.5) is 4.39 Å². The SMILES string of the molecule is NCCC(Oc1ccc(F)cc1)c1ccccc1.O=C(O)C(=O)O. The summed E-state index contributed by atoms with van der Waals surface area (Å²) in [6.07, 6.45) is 0.628. The number of hydrogen-bond acceptors (Lipinski definition) is 4. The van der Waals surface area contributed by atoms with Crippen molar-refractivity contribution in [3.63, 3.8) is 0 Å². The van der Waals surface area contributed by atoms with Crippen molar-refractivity contribution in [1.82, 2.24) is 0 Å². The monoisotopic (exact) mass is 335 g/mol. The van der Waals surface area contributed by atoms with Gasteiger partial charge in [-0.05, 0) is 36.4 Å². The van der Waals surface area contributed by atoms with Crippen molar-refractivity contribution in [2.24, 2.45) is 5.73 Å². The zero-order chi connectivity index (χ0) is 17.9. The second kappa shape index (κ2) is 9.96. The highest BCUT2D eigenvalue weighted by molar-refractivity contribution is 6.27. The van der Waals surface area contributed by atoms with Gasteiger partial charge in [0.2, 0.25) is 0 Å². The Balaban J connectivity index is 0.000000413. The number of halogens is 1. The van der Waals surface area contributed by atoms with Gasteiger partial charge in [0.05, 0.1) is 0 Å². The molecule has 0 radical (unpaired) electrons. The maximum atomic E-state index is 12.8. The maximum absolute atomic E-state index is 12.8. The van der Waals surface area contributed by atoms with E-state index < -0.39 is 11.9 Å². The van der Waals surface area contributed by atoms with Crippen LogP contribution in [-0.2, 0) is 9.59 Å². The van der Waals surface area contributed by atoms with E-state index in [2.05, 4.69) is 0 Å². The molecule has 1 atom stereocenters. The van der Waals surface area contributed by atoms with Gasteiger partial charge in [-0.25, -0.2) is 14.0 Å². The zero-order valence-corrected chi connectivity index (χ0v) is 12.8. The van der Waals surface area contributed by atoms with Gasteiger partial charge in [-0.2, -0.15) is 0 Å². The van der Waals surface area contributed by atoms with Crippen LogP contribution in [0, 0.1) is 5.82 Å². The van der Waals surface area contributed by atoms with Crippen molar-refractivity contribution >= 4 is 11.9 Å². The molecule has 4 N–H and O–H groups in total. The molecule has 0 amide bonds. The Labute approximate surface area is 138 Å².